The molecule has 2 aromatic carbocycles. The second-order valence-electron chi connectivity index (χ2n) is 4.97. The van der Waals surface area contributed by atoms with E-state index in [-0.39, 0.29) is 11.3 Å². The van der Waals surface area contributed by atoms with Crippen molar-refractivity contribution >= 4 is 51.2 Å². The lowest BCUT2D eigenvalue weighted by Gasteiger charge is -2.09. The van der Waals surface area contributed by atoms with Gasteiger partial charge in [-0.15, -0.1) is 0 Å². The van der Waals surface area contributed by atoms with Crippen molar-refractivity contribution in [1.29, 1.82) is 5.26 Å². The number of para-hydroxylation sites is 1. The van der Waals surface area contributed by atoms with Crippen LogP contribution in [0.4, 0.5) is 5.69 Å². The third-order valence-corrected chi connectivity index (χ3v) is 3.93. The highest BCUT2D eigenvalue weighted by Gasteiger charge is 2.13. The molecule has 0 unspecified atom stereocenters. The van der Waals surface area contributed by atoms with Crippen molar-refractivity contribution in [3.8, 4) is 11.8 Å². The molecule has 0 aliphatic rings. The summed E-state index contributed by atoms with van der Waals surface area (Å²) >= 11 is 9.28. The van der Waals surface area contributed by atoms with Crippen molar-refractivity contribution in [3.05, 3.63) is 63.1 Å². The lowest BCUT2D eigenvalue weighted by Crippen LogP contribution is -2.14. The van der Waals surface area contributed by atoms with E-state index in [0.717, 1.165) is 0 Å². The van der Waals surface area contributed by atoms with Crippen molar-refractivity contribution in [3.63, 3.8) is 0 Å². The summed E-state index contributed by atoms with van der Waals surface area (Å²) in [7, 11) is 0. The number of nitriles is 1. The lowest BCUT2D eigenvalue weighted by molar-refractivity contribution is -0.139. The van der Waals surface area contributed by atoms with E-state index >= 15 is 0 Å². The van der Waals surface area contributed by atoms with E-state index in [4.69, 9.17) is 21.4 Å². The van der Waals surface area contributed by atoms with Crippen LogP contribution < -0.4 is 10.1 Å². The molecule has 0 heterocycles. The quantitative estimate of drug-likeness (QED) is 0.525. The summed E-state index contributed by atoms with van der Waals surface area (Å²) in [5, 5.41) is 21.0. The van der Waals surface area contributed by atoms with Gasteiger partial charge in [0.25, 0.3) is 5.91 Å². The highest BCUT2D eigenvalue weighted by Crippen LogP contribution is 2.26. The van der Waals surface area contributed by atoms with Crippen LogP contribution in [-0.2, 0) is 9.59 Å². The number of halogens is 2. The number of hydrogen-bond acceptors (Lipinski definition) is 4. The van der Waals surface area contributed by atoms with Gasteiger partial charge in [-0.25, -0.2) is 4.79 Å². The molecule has 0 spiro atoms. The minimum absolute atomic E-state index is 0.191. The van der Waals surface area contributed by atoms with Gasteiger partial charge >= 0.3 is 5.97 Å². The van der Waals surface area contributed by atoms with Gasteiger partial charge in [0.2, 0.25) is 0 Å². The van der Waals surface area contributed by atoms with Crippen molar-refractivity contribution in [1.82, 2.24) is 0 Å². The number of benzene rings is 2. The summed E-state index contributed by atoms with van der Waals surface area (Å²) in [5.74, 6) is -1.56. The van der Waals surface area contributed by atoms with E-state index in [1.807, 2.05) is 6.07 Å². The van der Waals surface area contributed by atoms with Crippen molar-refractivity contribution in [2.24, 2.45) is 0 Å². The van der Waals surface area contributed by atoms with Gasteiger partial charge in [-0.3, -0.25) is 4.79 Å². The monoisotopic (exact) mass is 434 g/mol. The van der Waals surface area contributed by atoms with E-state index in [0.29, 0.717) is 20.7 Å². The van der Waals surface area contributed by atoms with Crippen LogP contribution in [0.5, 0.6) is 5.75 Å². The summed E-state index contributed by atoms with van der Waals surface area (Å²) in [5.41, 5.74) is 0.562. The Labute approximate surface area is 162 Å². The first kappa shape index (κ1) is 19.5. The van der Waals surface area contributed by atoms with E-state index in [9.17, 15) is 14.9 Å². The number of carbonyl (C=O) groups is 2. The average Bonchev–Trinajstić information content (AvgIpc) is 2.60. The summed E-state index contributed by atoms with van der Waals surface area (Å²) in [4.78, 5) is 23.0. The standard InChI is InChI=1S/C18H12BrClN2O4/c19-13-5-6-16(26-10-17(23)24)11(8-13)7-12(9-21)18(25)22-15-4-2-1-3-14(15)20/h1-8H,10H2,(H,22,25)(H,23,24)/b12-7+. The van der Waals surface area contributed by atoms with Crippen LogP contribution in [0.25, 0.3) is 6.08 Å². The second-order valence-corrected chi connectivity index (χ2v) is 6.29. The van der Waals surface area contributed by atoms with Crippen LogP contribution in [0, 0.1) is 11.3 Å². The summed E-state index contributed by atoms with van der Waals surface area (Å²) in [6.45, 7) is -0.545. The smallest absolute Gasteiger partial charge is 0.341 e. The first-order chi connectivity index (χ1) is 12.4. The van der Waals surface area contributed by atoms with E-state index < -0.39 is 18.5 Å². The number of amides is 1. The summed E-state index contributed by atoms with van der Waals surface area (Å²) in [6.07, 6.45) is 1.31. The van der Waals surface area contributed by atoms with Crippen molar-refractivity contribution < 1.29 is 19.4 Å². The van der Waals surface area contributed by atoms with Gasteiger partial charge in [0.05, 0.1) is 10.7 Å². The molecule has 0 aliphatic carbocycles. The molecule has 0 fully saturated rings. The Kier molecular flexibility index (Phi) is 6.78. The molecule has 1 amide bonds. The predicted octanol–water partition coefficient (Wildman–Crippen LogP) is 4.11. The fourth-order valence-corrected chi connectivity index (χ4v) is 2.52. The molecule has 0 saturated carbocycles. The van der Waals surface area contributed by atoms with Gasteiger partial charge in [-0.05, 0) is 36.4 Å². The van der Waals surface area contributed by atoms with Gasteiger partial charge in [0.1, 0.15) is 17.4 Å². The zero-order valence-electron chi connectivity index (χ0n) is 13.2. The molecular weight excluding hydrogens is 424 g/mol. The maximum absolute atomic E-state index is 12.4. The fraction of sp³-hybridized carbons (Fsp3) is 0.0556. The Hall–Kier alpha value is -2.82. The molecular formula is C18H12BrClN2O4. The van der Waals surface area contributed by atoms with Gasteiger partial charge in [0, 0.05) is 10.0 Å². The highest BCUT2D eigenvalue weighted by atomic mass is 79.9. The molecule has 6 nitrogen and oxygen atoms in total. The zero-order valence-corrected chi connectivity index (χ0v) is 15.5. The SMILES string of the molecule is N#C/C(=C\c1cc(Br)ccc1OCC(=O)O)C(=O)Nc1ccccc1Cl. The Morgan fingerprint density at radius 1 is 1.31 bits per heavy atom. The van der Waals surface area contributed by atoms with Gasteiger partial charge in [-0.2, -0.15) is 5.26 Å². The Morgan fingerprint density at radius 3 is 2.69 bits per heavy atom. The Morgan fingerprint density at radius 2 is 2.04 bits per heavy atom. The zero-order chi connectivity index (χ0) is 19.1. The van der Waals surface area contributed by atoms with Crippen LogP contribution in [0.2, 0.25) is 5.02 Å². The van der Waals surface area contributed by atoms with Crippen LogP contribution >= 0.6 is 27.5 Å². The molecule has 8 heteroatoms. The third kappa shape index (κ3) is 5.34. The Balaban J connectivity index is 2.31. The molecule has 2 aromatic rings. The maximum Gasteiger partial charge on any atom is 0.341 e. The molecule has 0 aliphatic heterocycles. The second kappa shape index (κ2) is 9.04. The molecule has 2 rings (SSSR count). The number of carboxylic acids is 1. The van der Waals surface area contributed by atoms with E-state index in [1.54, 1.807) is 42.5 Å². The molecule has 0 aromatic heterocycles. The van der Waals surface area contributed by atoms with Crippen molar-refractivity contribution in [2.75, 3.05) is 11.9 Å². The van der Waals surface area contributed by atoms with Crippen LogP contribution in [-0.4, -0.2) is 23.6 Å². The minimum atomic E-state index is -1.14. The highest BCUT2D eigenvalue weighted by molar-refractivity contribution is 9.10. The summed E-state index contributed by atoms with van der Waals surface area (Å²) in [6, 6.07) is 13.3. The molecule has 0 saturated heterocycles. The van der Waals surface area contributed by atoms with Gasteiger partial charge < -0.3 is 15.2 Å². The molecule has 0 atom stereocenters. The summed E-state index contributed by atoms with van der Waals surface area (Å²) < 4.78 is 5.87. The van der Waals surface area contributed by atoms with Crippen LogP contribution in [0.15, 0.2) is 52.5 Å². The lowest BCUT2D eigenvalue weighted by atomic mass is 10.1. The average molecular weight is 436 g/mol. The molecule has 132 valence electrons. The van der Waals surface area contributed by atoms with Gasteiger partial charge in [0.15, 0.2) is 6.61 Å². The first-order valence-corrected chi connectivity index (χ1v) is 8.39. The van der Waals surface area contributed by atoms with Crippen LogP contribution in [0.3, 0.4) is 0 Å². The molecule has 0 bridgehead atoms. The maximum atomic E-state index is 12.4. The van der Waals surface area contributed by atoms with Crippen LogP contribution in [0.1, 0.15) is 5.56 Å². The minimum Gasteiger partial charge on any atom is -0.481 e. The topological polar surface area (TPSA) is 99.4 Å². The number of aliphatic carboxylic acids is 1. The normalized spacial score (nSPS) is 10.7. The largest absolute Gasteiger partial charge is 0.481 e. The number of carboxylic acid groups (broad SMARTS) is 1. The first-order valence-electron chi connectivity index (χ1n) is 7.22. The number of ether oxygens (including phenoxy) is 1. The van der Waals surface area contributed by atoms with Crippen molar-refractivity contribution in [2.45, 2.75) is 0 Å². The number of nitrogens with zero attached hydrogens (tertiary/aromatic N) is 1. The van der Waals surface area contributed by atoms with E-state index in [1.165, 1.54) is 6.08 Å². The number of carbonyl (C=O) groups excluding carboxylic acids is 1. The number of hydrogen-bond donors (Lipinski definition) is 2. The predicted molar refractivity (Wildman–Crippen MR) is 101 cm³/mol. The third-order valence-electron chi connectivity index (χ3n) is 3.11. The molecule has 2 N–H and O–H groups in total. The fourth-order valence-electron chi connectivity index (χ4n) is 1.96. The van der Waals surface area contributed by atoms with Gasteiger partial charge in [-0.1, -0.05) is 39.7 Å². The molecule has 0 radical (unpaired) electrons. The Bertz CT molecular complexity index is 922. The molecule has 26 heavy (non-hydrogen) atoms. The van der Waals surface area contributed by atoms with E-state index in [2.05, 4.69) is 21.2 Å². The number of nitrogens with one attached hydrogen (secondary N) is 1. The number of rotatable bonds is 6. The number of anilines is 1.